The van der Waals surface area contributed by atoms with Crippen LogP contribution in [0.4, 0.5) is 0 Å². The van der Waals surface area contributed by atoms with Gasteiger partial charge in [-0.15, -0.1) is 11.8 Å². The van der Waals surface area contributed by atoms with Crippen molar-refractivity contribution in [3.05, 3.63) is 12.2 Å². The molecule has 2 heteroatoms. The minimum absolute atomic E-state index is 0.745. The molecule has 8 heavy (non-hydrogen) atoms. The third-order valence-electron chi connectivity index (χ3n) is 1.67. The number of hydrogen-bond donors (Lipinski definition) is 0. The van der Waals surface area contributed by atoms with Crippen molar-refractivity contribution in [3.8, 4) is 0 Å². The topological polar surface area (TPSA) is 3.24 Å². The van der Waals surface area contributed by atoms with Gasteiger partial charge in [0.1, 0.15) is 0 Å². The van der Waals surface area contributed by atoms with Crippen molar-refractivity contribution in [2.75, 3.05) is 18.8 Å². The maximum Gasteiger partial charge on any atom is 0.0748 e. The molecule has 0 bridgehead atoms. The highest BCUT2D eigenvalue weighted by Gasteiger charge is 2.24. The van der Waals surface area contributed by atoms with Crippen molar-refractivity contribution in [2.24, 2.45) is 0 Å². The third-order valence-corrected chi connectivity index (χ3v) is 2.88. The summed E-state index contributed by atoms with van der Waals surface area (Å²) in [6.45, 7) is 2.49. The lowest BCUT2D eigenvalue weighted by Crippen LogP contribution is -2.21. The predicted octanol–water partition coefficient (Wildman–Crippen LogP) is 0.931. The lowest BCUT2D eigenvalue weighted by molar-refractivity contribution is 0.372. The lowest BCUT2D eigenvalue weighted by atomic mass is 10.6. The summed E-state index contributed by atoms with van der Waals surface area (Å²) in [4.78, 5) is 2.49. The van der Waals surface area contributed by atoms with Crippen LogP contribution in [0.25, 0.3) is 0 Å². The number of nitrogens with zero attached hydrogens (tertiary/aromatic N) is 1. The zero-order valence-corrected chi connectivity index (χ0v) is 5.53. The van der Waals surface area contributed by atoms with Crippen molar-refractivity contribution in [3.63, 3.8) is 0 Å². The van der Waals surface area contributed by atoms with Crippen molar-refractivity contribution >= 4 is 11.8 Å². The summed E-state index contributed by atoms with van der Waals surface area (Å²) in [6, 6.07) is 0. The Hall–Kier alpha value is 0.0500. The van der Waals surface area contributed by atoms with E-state index in [0.717, 1.165) is 5.37 Å². The summed E-state index contributed by atoms with van der Waals surface area (Å²) in [5.41, 5.74) is 0. The fraction of sp³-hybridized carbons (Fsp3) is 0.667. The van der Waals surface area contributed by atoms with Crippen molar-refractivity contribution < 1.29 is 0 Å². The van der Waals surface area contributed by atoms with Crippen LogP contribution in [-0.4, -0.2) is 29.1 Å². The first-order chi connectivity index (χ1) is 3.97. The predicted molar refractivity (Wildman–Crippen MR) is 37.0 cm³/mol. The van der Waals surface area contributed by atoms with Crippen LogP contribution in [-0.2, 0) is 0 Å². The van der Waals surface area contributed by atoms with Crippen LogP contribution in [0.3, 0.4) is 0 Å². The fourth-order valence-electron chi connectivity index (χ4n) is 1.21. The van der Waals surface area contributed by atoms with E-state index in [1.807, 2.05) is 0 Å². The van der Waals surface area contributed by atoms with Crippen LogP contribution in [0, 0.1) is 0 Å². The highest BCUT2D eigenvalue weighted by atomic mass is 32.2. The zero-order valence-electron chi connectivity index (χ0n) is 4.71. The van der Waals surface area contributed by atoms with Gasteiger partial charge in [-0.05, 0) is 0 Å². The summed E-state index contributed by atoms with van der Waals surface area (Å²) in [7, 11) is 0. The molecule has 0 aromatic rings. The second-order valence-electron chi connectivity index (χ2n) is 2.18. The van der Waals surface area contributed by atoms with Gasteiger partial charge in [0.2, 0.25) is 0 Å². The molecule has 1 fully saturated rings. The van der Waals surface area contributed by atoms with E-state index < -0.39 is 0 Å². The normalized spacial score (nSPS) is 36.2. The molecule has 44 valence electrons. The van der Waals surface area contributed by atoms with Gasteiger partial charge >= 0.3 is 0 Å². The first-order valence-corrected chi connectivity index (χ1v) is 4.04. The SMILES string of the molecule is C1=CC2SCCN2C1. The van der Waals surface area contributed by atoms with Gasteiger partial charge in [-0.25, -0.2) is 0 Å². The summed E-state index contributed by atoms with van der Waals surface area (Å²) in [5.74, 6) is 1.33. The molecule has 2 aliphatic rings. The largest absolute Gasteiger partial charge is 0.284 e. The Morgan fingerprint density at radius 1 is 1.62 bits per heavy atom. The molecule has 0 N–H and O–H groups in total. The number of thioether (sulfide) groups is 1. The Labute approximate surface area is 53.7 Å². The number of fused-ring (bicyclic) bond motifs is 1. The molecule has 0 radical (unpaired) electrons. The van der Waals surface area contributed by atoms with Gasteiger partial charge in [-0.2, -0.15) is 0 Å². The second-order valence-corrected chi connectivity index (χ2v) is 3.41. The average molecular weight is 127 g/mol. The van der Waals surface area contributed by atoms with Crippen LogP contribution in [0.1, 0.15) is 0 Å². The first-order valence-electron chi connectivity index (χ1n) is 2.99. The van der Waals surface area contributed by atoms with Gasteiger partial charge in [0.15, 0.2) is 0 Å². The van der Waals surface area contributed by atoms with Crippen LogP contribution in [0.15, 0.2) is 12.2 Å². The molecule has 0 aromatic heterocycles. The summed E-state index contributed by atoms with van der Waals surface area (Å²) in [5, 5.41) is 0.745. The van der Waals surface area contributed by atoms with E-state index in [4.69, 9.17) is 0 Å². The highest BCUT2D eigenvalue weighted by Crippen LogP contribution is 2.27. The number of hydrogen-bond acceptors (Lipinski definition) is 2. The summed E-state index contributed by atoms with van der Waals surface area (Å²) < 4.78 is 0. The summed E-state index contributed by atoms with van der Waals surface area (Å²) >= 11 is 2.05. The minimum Gasteiger partial charge on any atom is -0.284 e. The third kappa shape index (κ3) is 0.599. The fourth-order valence-corrected chi connectivity index (χ4v) is 2.41. The molecule has 1 atom stereocenters. The Morgan fingerprint density at radius 3 is 3.50 bits per heavy atom. The number of rotatable bonds is 0. The standard InChI is InChI=1S/C6H9NS/c1-2-6-7(3-1)4-5-8-6/h1-2,6H,3-5H2. The smallest absolute Gasteiger partial charge is 0.0748 e. The monoisotopic (exact) mass is 127 g/mol. The molecule has 0 aliphatic carbocycles. The van der Waals surface area contributed by atoms with Crippen molar-refractivity contribution in [1.82, 2.24) is 4.90 Å². The van der Waals surface area contributed by atoms with E-state index in [2.05, 4.69) is 28.8 Å². The molecule has 1 saturated heterocycles. The van der Waals surface area contributed by atoms with Gasteiger partial charge in [-0.3, -0.25) is 4.90 Å². The first kappa shape index (κ1) is 4.89. The molecule has 2 aliphatic heterocycles. The minimum atomic E-state index is 0.745. The Balaban J connectivity index is 2.13. The Bertz CT molecular complexity index is 122. The van der Waals surface area contributed by atoms with Crippen LogP contribution in [0.5, 0.6) is 0 Å². The van der Waals surface area contributed by atoms with E-state index >= 15 is 0 Å². The van der Waals surface area contributed by atoms with Gasteiger partial charge in [-0.1, -0.05) is 12.2 Å². The van der Waals surface area contributed by atoms with Crippen molar-refractivity contribution in [1.29, 1.82) is 0 Å². The molecule has 1 unspecified atom stereocenters. The molecular weight excluding hydrogens is 118 g/mol. The molecule has 2 heterocycles. The Kier molecular flexibility index (Phi) is 1.09. The molecule has 0 spiro atoms. The van der Waals surface area contributed by atoms with Crippen LogP contribution < -0.4 is 0 Å². The Morgan fingerprint density at radius 2 is 2.62 bits per heavy atom. The van der Waals surface area contributed by atoms with Crippen LogP contribution >= 0.6 is 11.8 Å². The van der Waals surface area contributed by atoms with Crippen molar-refractivity contribution in [2.45, 2.75) is 5.37 Å². The van der Waals surface area contributed by atoms with Gasteiger partial charge in [0.25, 0.3) is 0 Å². The molecule has 2 rings (SSSR count). The maximum absolute atomic E-state index is 2.49. The molecule has 0 saturated carbocycles. The van der Waals surface area contributed by atoms with E-state index in [1.54, 1.807) is 0 Å². The van der Waals surface area contributed by atoms with E-state index in [9.17, 15) is 0 Å². The van der Waals surface area contributed by atoms with E-state index in [1.165, 1.54) is 18.8 Å². The van der Waals surface area contributed by atoms with Gasteiger partial charge in [0, 0.05) is 18.8 Å². The zero-order chi connectivity index (χ0) is 5.40. The average Bonchev–Trinajstić information content (AvgIpc) is 2.15. The van der Waals surface area contributed by atoms with Crippen LogP contribution in [0.2, 0.25) is 0 Å². The second kappa shape index (κ2) is 1.78. The highest BCUT2D eigenvalue weighted by molar-refractivity contribution is 8.00. The molecular formula is C6H9NS. The quantitative estimate of drug-likeness (QED) is 0.445. The summed E-state index contributed by atoms with van der Waals surface area (Å²) in [6.07, 6.45) is 4.56. The molecule has 1 nitrogen and oxygen atoms in total. The van der Waals surface area contributed by atoms with Gasteiger partial charge < -0.3 is 0 Å². The molecule has 0 amide bonds. The lowest BCUT2D eigenvalue weighted by Gasteiger charge is -2.10. The van der Waals surface area contributed by atoms with Gasteiger partial charge in [0.05, 0.1) is 5.37 Å². The van der Waals surface area contributed by atoms with E-state index in [-0.39, 0.29) is 0 Å². The molecule has 0 aromatic carbocycles. The maximum atomic E-state index is 2.49. The van der Waals surface area contributed by atoms with E-state index in [0.29, 0.717) is 0 Å².